The van der Waals surface area contributed by atoms with E-state index < -0.39 is 0 Å². The van der Waals surface area contributed by atoms with Gasteiger partial charge >= 0.3 is 0 Å². The fraction of sp³-hybridized carbons (Fsp3) is 0. The van der Waals surface area contributed by atoms with Crippen LogP contribution in [0.4, 0.5) is 0 Å². The first-order chi connectivity index (χ1) is 21.4. The van der Waals surface area contributed by atoms with Crippen LogP contribution in [0, 0.1) is 0 Å². The van der Waals surface area contributed by atoms with Crippen molar-refractivity contribution in [2.24, 2.45) is 0 Å². The van der Waals surface area contributed by atoms with Gasteiger partial charge in [0.05, 0.1) is 33.1 Å². The third kappa shape index (κ3) is 2.90. The van der Waals surface area contributed by atoms with Crippen LogP contribution >= 0.6 is 0 Å². The zero-order valence-corrected chi connectivity index (χ0v) is 23.0. The second-order valence-electron chi connectivity index (χ2n) is 11.1. The van der Waals surface area contributed by atoms with Crippen molar-refractivity contribution in [1.29, 1.82) is 0 Å². The molecule has 5 nitrogen and oxygen atoms in total. The Morgan fingerprint density at radius 1 is 0.419 bits per heavy atom. The smallest absolute Gasteiger partial charge is 0.146 e. The van der Waals surface area contributed by atoms with Gasteiger partial charge in [-0.15, -0.1) is 0 Å². The summed E-state index contributed by atoms with van der Waals surface area (Å²) in [5, 5.41) is 7.08. The molecule has 0 aliphatic carbocycles. The highest BCUT2D eigenvalue weighted by Gasteiger charge is 2.23. The summed E-state index contributed by atoms with van der Waals surface area (Å²) in [4.78, 5) is 9.68. The summed E-state index contributed by atoms with van der Waals surface area (Å²) >= 11 is 0. The number of benzene rings is 5. The molecule has 5 heteroatoms. The molecule has 0 aliphatic rings. The topological polar surface area (TPSA) is 40.1 Å². The van der Waals surface area contributed by atoms with Gasteiger partial charge in [0.1, 0.15) is 5.65 Å². The Kier molecular flexibility index (Phi) is 4.39. The number of aromatic nitrogens is 5. The molecule has 10 aromatic rings. The first kappa shape index (κ1) is 22.7. The molecule has 5 aromatic heterocycles. The summed E-state index contributed by atoms with van der Waals surface area (Å²) in [6.45, 7) is 0. The number of imidazole rings is 1. The van der Waals surface area contributed by atoms with Gasteiger partial charge in [0.25, 0.3) is 0 Å². The van der Waals surface area contributed by atoms with E-state index in [0.29, 0.717) is 0 Å². The highest BCUT2D eigenvalue weighted by molar-refractivity contribution is 6.33. The first-order valence-corrected chi connectivity index (χ1v) is 14.5. The maximum Gasteiger partial charge on any atom is 0.146 e. The molecule has 0 bridgehead atoms. The lowest BCUT2D eigenvalue weighted by molar-refractivity contribution is 1.17. The van der Waals surface area contributed by atoms with Gasteiger partial charge in [-0.2, -0.15) is 0 Å². The largest absolute Gasteiger partial charge is 0.309 e. The van der Waals surface area contributed by atoms with Crippen LogP contribution in [0.5, 0.6) is 0 Å². The van der Waals surface area contributed by atoms with Gasteiger partial charge in [-0.25, -0.2) is 4.98 Å². The molecule has 0 saturated carbocycles. The van der Waals surface area contributed by atoms with Crippen molar-refractivity contribution in [2.75, 3.05) is 0 Å². The maximum atomic E-state index is 4.97. The SMILES string of the molecule is c1ccc(-n2c3ccccc3c3c2ccc2c4c5c6ncccc6c6nccn6c5ccc4n(-c4ccccc4)c23)cc1. The molecule has 43 heavy (non-hydrogen) atoms. The van der Waals surface area contributed by atoms with Crippen LogP contribution in [0.2, 0.25) is 0 Å². The van der Waals surface area contributed by atoms with Crippen molar-refractivity contribution >= 4 is 71.1 Å². The van der Waals surface area contributed by atoms with E-state index in [1.54, 1.807) is 0 Å². The number of hydrogen-bond donors (Lipinski definition) is 0. The summed E-state index contributed by atoms with van der Waals surface area (Å²) in [6, 6.07) is 43.4. The van der Waals surface area contributed by atoms with Crippen LogP contribution in [0.15, 0.2) is 140 Å². The van der Waals surface area contributed by atoms with Crippen LogP contribution in [-0.4, -0.2) is 23.5 Å². The number of pyridine rings is 2. The van der Waals surface area contributed by atoms with E-state index in [0.717, 1.165) is 44.3 Å². The number of hydrogen-bond acceptors (Lipinski definition) is 2. The molecule has 0 aliphatic heterocycles. The van der Waals surface area contributed by atoms with E-state index >= 15 is 0 Å². The molecule has 10 rings (SSSR count). The van der Waals surface area contributed by atoms with Gasteiger partial charge in [-0.3, -0.25) is 9.38 Å². The van der Waals surface area contributed by atoms with E-state index in [1.807, 2.05) is 18.5 Å². The molecule has 200 valence electrons. The van der Waals surface area contributed by atoms with E-state index in [2.05, 4.69) is 135 Å². The van der Waals surface area contributed by atoms with Crippen molar-refractivity contribution in [3.05, 3.63) is 140 Å². The Morgan fingerprint density at radius 2 is 1.09 bits per heavy atom. The Morgan fingerprint density at radius 3 is 1.93 bits per heavy atom. The lowest BCUT2D eigenvalue weighted by Crippen LogP contribution is -1.96. The molecular formula is C38H23N5. The average molecular weight is 550 g/mol. The summed E-state index contributed by atoms with van der Waals surface area (Å²) < 4.78 is 7.03. The molecule has 0 atom stereocenters. The molecule has 0 N–H and O–H groups in total. The average Bonchev–Trinajstić information content (AvgIpc) is 3.78. The molecule has 0 spiro atoms. The second kappa shape index (κ2) is 8.30. The van der Waals surface area contributed by atoms with Crippen LogP contribution in [0.1, 0.15) is 0 Å². The zero-order valence-electron chi connectivity index (χ0n) is 23.0. The van der Waals surface area contributed by atoms with Crippen LogP contribution < -0.4 is 0 Å². The van der Waals surface area contributed by atoms with Gasteiger partial charge in [0.15, 0.2) is 0 Å². The van der Waals surface area contributed by atoms with Gasteiger partial charge in [0.2, 0.25) is 0 Å². The van der Waals surface area contributed by atoms with Gasteiger partial charge in [-0.05, 0) is 60.7 Å². The van der Waals surface area contributed by atoms with Gasteiger partial charge in [0, 0.05) is 62.3 Å². The third-order valence-electron chi connectivity index (χ3n) is 8.92. The third-order valence-corrected chi connectivity index (χ3v) is 8.92. The van der Waals surface area contributed by atoms with Crippen LogP contribution in [0.3, 0.4) is 0 Å². The van der Waals surface area contributed by atoms with E-state index in [-0.39, 0.29) is 0 Å². The Labute approximate surface area is 245 Å². The van der Waals surface area contributed by atoms with Crippen molar-refractivity contribution in [3.63, 3.8) is 0 Å². The molecule has 0 saturated heterocycles. The standard InChI is InChI=1S/C38H23N5/c1-3-10-24(11-4-1)42-29-16-8-7-14-26(29)34-32(42)18-17-27-33-31(43(37(27)34)25-12-5-2-6-13-25)20-19-30-35(33)36-28(15-9-21-39-36)38-40-22-23-41(30)38/h1-23H. The second-order valence-corrected chi connectivity index (χ2v) is 11.1. The Hall–Kier alpha value is -5.94. The molecule has 0 fully saturated rings. The molecule has 5 heterocycles. The zero-order chi connectivity index (χ0) is 28.1. The van der Waals surface area contributed by atoms with Crippen LogP contribution in [0.25, 0.3) is 82.4 Å². The molecule has 0 amide bonds. The number of rotatable bonds is 2. The Balaban J connectivity index is 1.52. The predicted molar refractivity (Wildman–Crippen MR) is 177 cm³/mol. The van der Waals surface area contributed by atoms with Crippen molar-refractivity contribution in [3.8, 4) is 11.4 Å². The number of para-hydroxylation sites is 3. The quantitative estimate of drug-likeness (QED) is 0.202. The van der Waals surface area contributed by atoms with Crippen molar-refractivity contribution in [2.45, 2.75) is 0 Å². The number of nitrogens with zero attached hydrogens (tertiary/aromatic N) is 5. The maximum absolute atomic E-state index is 4.97. The Bertz CT molecular complexity index is 2710. The van der Waals surface area contributed by atoms with Crippen LogP contribution in [-0.2, 0) is 0 Å². The minimum atomic E-state index is 0.926. The van der Waals surface area contributed by atoms with E-state index in [4.69, 9.17) is 9.97 Å². The minimum absolute atomic E-state index is 0.926. The lowest BCUT2D eigenvalue weighted by Gasteiger charge is -2.11. The van der Waals surface area contributed by atoms with Gasteiger partial charge < -0.3 is 9.13 Å². The minimum Gasteiger partial charge on any atom is -0.309 e. The molecule has 0 radical (unpaired) electrons. The van der Waals surface area contributed by atoms with Crippen molar-refractivity contribution < 1.29 is 0 Å². The fourth-order valence-electron chi connectivity index (χ4n) is 7.26. The summed E-state index contributed by atoms with van der Waals surface area (Å²) in [6.07, 6.45) is 5.82. The summed E-state index contributed by atoms with van der Waals surface area (Å²) in [5.41, 5.74) is 10.0. The molecular weight excluding hydrogens is 526 g/mol. The fourth-order valence-corrected chi connectivity index (χ4v) is 7.26. The highest BCUT2D eigenvalue weighted by atomic mass is 15.0. The highest BCUT2D eigenvalue weighted by Crippen LogP contribution is 2.45. The van der Waals surface area contributed by atoms with E-state index in [1.165, 1.54) is 38.1 Å². The summed E-state index contributed by atoms with van der Waals surface area (Å²) in [7, 11) is 0. The summed E-state index contributed by atoms with van der Waals surface area (Å²) in [5.74, 6) is 0. The van der Waals surface area contributed by atoms with Crippen molar-refractivity contribution in [1.82, 2.24) is 23.5 Å². The monoisotopic (exact) mass is 549 g/mol. The van der Waals surface area contributed by atoms with E-state index in [9.17, 15) is 0 Å². The lowest BCUT2D eigenvalue weighted by atomic mass is 10.0. The molecule has 0 unspecified atom stereocenters. The van der Waals surface area contributed by atoms with Gasteiger partial charge in [-0.1, -0.05) is 60.7 Å². The predicted octanol–water partition coefficient (Wildman–Crippen LogP) is 9.23. The first-order valence-electron chi connectivity index (χ1n) is 14.5. The number of fused-ring (bicyclic) bond motifs is 14. The molecule has 5 aromatic carbocycles. The normalized spacial score (nSPS) is 12.2.